The number of hydrogen-bond donors (Lipinski definition) is 1. The van der Waals surface area contributed by atoms with Crippen molar-refractivity contribution in [1.29, 1.82) is 0 Å². The van der Waals surface area contributed by atoms with Crippen LogP contribution in [0.5, 0.6) is 0 Å². The van der Waals surface area contributed by atoms with Crippen molar-refractivity contribution in [2.45, 2.75) is 6.10 Å². The van der Waals surface area contributed by atoms with E-state index in [0.717, 1.165) is 0 Å². The molecule has 5 heteroatoms. The Hall–Kier alpha value is -1.21. The quantitative estimate of drug-likeness (QED) is 0.655. The lowest BCUT2D eigenvalue weighted by molar-refractivity contribution is 0.0600. The van der Waals surface area contributed by atoms with Crippen molar-refractivity contribution >= 4 is 29.2 Å². The smallest absolute Gasteiger partial charge is 0.337 e. The van der Waals surface area contributed by atoms with Gasteiger partial charge in [0.05, 0.1) is 12.7 Å². The number of terminal acetylenes is 1. The van der Waals surface area contributed by atoms with Gasteiger partial charge in [-0.1, -0.05) is 29.1 Å². The molecule has 3 nitrogen and oxygen atoms in total. The van der Waals surface area contributed by atoms with Crippen molar-refractivity contribution in [3.05, 3.63) is 33.3 Å². The molecule has 0 heterocycles. The molecule has 0 aliphatic heterocycles. The topological polar surface area (TPSA) is 46.5 Å². The molecule has 1 N–H and O–H groups in total. The van der Waals surface area contributed by atoms with Crippen LogP contribution in [0.4, 0.5) is 0 Å². The zero-order valence-electron chi connectivity index (χ0n) is 8.33. The lowest BCUT2D eigenvalue weighted by Gasteiger charge is -2.10. The zero-order valence-corrected chi connectivity index (χ0v) is 9.84. The van der Waals surface area contributed by atoms with Gasteiger partial charge < -0.3 is 9.84 Å². The highest BCUT2D eigenvalue weighted by Crippen LogP contribution is 2.31. The number of esters is 1. The largest absolute Gasteiger partial charge is 0.465 e. The number of aliphatic hydroxyl groups is 1. The highest BCUT2D eigenvalue weighted by molar-refractivity contribution is 6.36. The molecule has 1 atom stereocenters. The Bertz CT molecular complexity index is 440. The van der Waals surface area contributed by atoms with E-state index >= 15 is 0 Å². The normalized spacial score (nSPS) is 11.7. The molecule has 1 aromatic carbocycles. The Morgan fingerprint density at radius 2 is 2.00 bits per heavy atom. The van der Waals surface area contributed by atoms with Crippen molar-refractivity contribution in [3.8, 4) is 12.3 Å². The van der Waals surface area contributed by atoms with Crippen LogP contribution in [-0.2, 0) is 4.74 Å². The molecule has 0 aliphatic rings. The van der Waals surface area contributed by atoms with Gasteiger partial charge in [0, 0.05) is 15.6 Å². The summed E-state index contributed by atoms with van der Waals surface area (Å²) in [6.07, 6.45) is 3.85. The number of methoxy groups -OCH3 is 1. The molecule has 0 saturated heterocycles. The molecule has 0 bridgehead atoms. The third-order valence-electron chi connectivity index (χ3n) is 1.93. The summed E-state index contributed by atoms with van der Waals surface area (Å²) in [5.74, 6) is 1.53. The molecule has 84 valence electrons. The van der Waals surface area contributed by atoms with Gasteiger partial charge in [-0.25, -0.2) is 4.79 Å². The van der Waals surface area contributed by atoms with Gasteiger partial charge >= 0.3 is 5.97 Å². The van der Waals surface area contributed by atoms with Gasteiger partial charge in [-0.2, -0.15) is 0 Å². The van der Waals surface area contributed by atoms with E-state index < -0.39 is 12.1 Å². The Labute approximate surface area is 103 Å². The van der Waals surface area contributed by atoms with Crippen LogP contribution < -0.4 is 0 Å². The summed E-state index contributed by atoms with van der Waals surface area (Å²) in [5, 5.41) is 9.70. The summed E-state index contributed by atoms with van der Waals surface area (Å²) >= 11 is 11.7. The first-order chi connectivity index (χ1) is 7.51. The lowest BCUT2D eigenvalue weighted by atomic mass is 10.1. The van der Waals surface area contributed by atoms with Crippen molar-refractivity contribution in [2.24, 2.45) is 0 Å². The molecule has 1 unspecified atom stereocenters. The van der Waals surface area contributed by atoms with E-state index in [9.17, 15) is 9.90 Å². The van der Waals surface area contributed by atoms with E-state index in [1.54, 1.807) is 0 Å². The van der Waals surface area contributed by atoms with E-state index in [-0.39, 0.29) is 21.2 Å². The molecule has 0 aliphatic carbocycles. The molecule has 1 rings (SSSR count). The lowest BCUT2D eigenvalue weighted by Crippen LogP contribution is -2.04. The Morgan fingerprint density at radius 3 is 2.38 bits per heavy atom. The van der Waals surface area contributed by atoms with Gasteiger partial charge in [0.2, 0.25) is 0 Å². The fourth-order valence-electron chi connectivity index (χ4n) is 1.16. The van der Waals surface area contributed by atoms with Crippen LogP contribution in [0.25, 0.3) is 0 Å². The fourth-order valence-corrected chi connectivity index (χ4v) is 1.86. The number of rotatable bonds is 2. The molecule has 16 heavy (non-hydrogen) atoms. The number of aliphatic hydroxyl groups excluding tert-OH is 1. The average molecular weight is 259 g/mol. The van der Waals surface area contributed by atoms with Crippen LogP contribution in [0, 0.1) is 12.3 Å². The fraction of sp³-hybridized carbons (Fsp3) is 0.182. The number of hydrogen-bond acceptors (Lipinski definition) is 3. The van der Waals surface area contributed by atoms with Crippen LogP contribution in [-0.4, -0.2) is 18.2 Å². The molecular weight excluding hydrogens is 251 g/mol. The maximum absolute atomic E-state index is 11.2. The van der Waals surface area contributed by atoms with E-state index in [4.69, 9.17) is 29.6 Å². The average Bonchev–Trinajstić information content (AvgIpc) is 2.26. The van der Waals surface area contributed by atoms with Gasteiger partial charge in [-0.15, -0.1) is 6.42 Å². The standard InChI is InChI=1S/C11H8Cl2O3/c1-3-9(14)10-7(12)4-6(5-8(10)13)11(15)16-2/h1,4-5,9,14H,2H3. The third kappa shape index (κ3) is 2.48. The Balaban J connectivity index is 3.29. The minimum atomic E-state index is -1.20. The van der Waals surface area contributed by atoms with Crippen LogP contribution >= 0.6 is 23.2 Å². The monoisotopic (exact) mass is 258 g/mol. The van der Waals surface area contributed by atoms with Crippen molar-refractivity contribution in [2.75, 3.05) is 7.11 Å². The van der Waals surface area contributed by atoms with Gasteiger partial charge in [0.15, 0.2) is 0 Å². The summed E-state index contributed by atoms with van der Waals surface area (Å²) in [6.45, 7) is 0. The van der Waals surface area contributed by atoms with E-state index in [1.807, 2.05) is 0 Å². The maximum atomic E-state index is 11.2. The summed E-state index contributed by atoms with van der Waals surface area (Å²) in [5.41, 5.74) is 0.406. The van der Waals surface area contributed by atoms with Crippen LogP contribution in [0.1, 0.15) is 22.0 Å². The SMILES string of the molecule is C#CC(O)c1c(Cl)cc(C(=O)OC)cc1Cl. The van der Waals surface area contributed by atoms with Gasteiger partial charge in [0.1, 0.15) is 6.10 Å². The van der Waals surface area contributed by atoms with Crippen molar-refractivity contribution in [1.82, 2.24) is 0 Å². The summed E-state index contributed by atoms with van der Waals surface area (Å²) < 4.78 is 4.51. The first-order valence-electron chi connectivity index (χ1n) is 4.22. The summed E-state index contributed by atoms with van der Waals surface area (Å²) in [7, 11) is 1.24. The van der Waals surface area contributed by atoms with Crippen LogP contribution in [0.3, 0.4) is 0 Å². The van der Waals surface area contributed by atoms with Gasteiger partial charge in [-0.05, 0) is 12.1 Å². The van der Waals surface area contributed by atoms with Gasteiger partial charge in [0.25, 0.3) is 0 Å². The zero-order chi connectivity index (χ0) is 12.3. The third-order valence-corrected chi connectivity index (χ3v) is 2.56. The predicted octanol–water partition coefficient (Wildman–Crippen LogP) is 2.45. The Kier molecular flexibility index (Phi) is 4.19. The second kappa shape index (κ2) is 5.22. The number of benzene rings is 1. The molecule has 0 spiro atoms. The van der Waals surface area contributed by atoms with E-state index in [2.05, 4.69) is 10.7 Å². The minimum absolute atomic E-state index is 0.123. The Morgan fingerprint density at radius 1 is 1.50 bits per heavy atom. The first-order valence-corrected chi connectivity index (χ1v) is 4.98. The number of halogens is 2. The molecule has 0 amide bonds. The number of carbonyl (C=O) groups is 1. The molecule has 0 saturated carbocycles. The highest BCUT2D eigenvalue weighted by atomic mass is 35.5. The predicted molar refractivity (Wildman–Crippen MR) is 61.6 cm³/mol. The van der Waals surface area contributed by atoms with Crippen LogP contribution in [0.15, 0.2) is 12.1 Å². The highest BCUT2D eigenvalue weighted by Gasteiger charge is 2.17. The maximum Gasteiger partial charge on any atom is 0.337 e. The van der Waals surface area contributed by atoms with E-state index in [0.29, 0.717) is 0 Å². The number of carbonyl (C=O) groups excluding carboxylic acids is 1. The second-order valence-electron chi connectivity index (χ2n) is 2.91. The molecule has 0 fully saturated rings. The summed E-state index contributed by atoms with van der Waals surface area (Å²) in [6, 6.07) is 2.68. The van der Waals surface area contributed by atoms with Crippen molar-refractivity contribution in [3.63, 3.8) is 0 Å². The van der Waals surface area contributed by atoms with E-state index in [1.165, 1.54) is 19.2 Å². The molecule has 1 aromatic rings. The van der Waals surface area contributed by atoms with Gasteiger partial charge in [-0.3, -0.25) is 0 Å². The second-order valence-corrected chi connectivity index (χ2v) is 3.73. The summed E-state index contributed by atoms with van der Waals surface area (Å²) in [4.78, 5) is 11.2. The molecule has 0 radical (unpaired) electrons. The van der Waals surface area contributed by atoms with Crippen molar-refractivity contribution < 1.29 is 14.6 Å². The molecular formula is C11H8Cl2O3. The molecule has 0 aromatic heterocycles. The number of ether oxygens (including phenoxy) is 1. The van der Waals surface area contributed by atoms with Crippen LogP contribution in [0.2, 0.25) is 10.0 Å². The first kappa shape index (κ1) is 12.9. The minimum Gasteiger partial charge on any atom is -0.465 e.